The molecular weight excluding hydrogens is 295 g/mol. The van der Waals surface area contributed by atoms with E-state index in [2.05, 4.69) is 10.0 Å². The minimum atomic E-state index is -3.63. The minimum absolute atomic E-state index is 0.102. The van der Waals surface area contributed by atoms with Gasteiger partial charge in [0, 0.05) is 25.3 Å². The first-order valence-electron chi connectivity index (χ1n) is 6.95. The fourth-order valence-electron chi connectivity index (χ4n) is 2.34. The van der Waals surface area contributed by atoms with Crippen LogP contribution in [0.3, 0.4) is 0 Å². The first-order valence-corrected chi connectivity index (χ1v) is 8.43. The molecule has 1 aromatic carbocycles. The SMILES string of the molecule is CNCc1cc(S(=O)(=O)NCC2CCOC2)cc(C)c1F. The van der Waals surface area contributed by atoms with Crippen LogP contribution in [0.5, 0.6) is 0 Å². The minimum Gasteiger partial charge on any atom is -0.381 e. The summed E-state index contributed by atoms with van der Waals surface area (Å²) in [6, 6.07) is 2.74. The second kappa shape index (κ2) is 6.83. The third-order valence-electron chi connectivity index (χ3n) is 3.57. The van der Waals surface area contributed by atoms with Gasteiger partial charge in [0.25, 0.3) is 0 Å². The molecule has 2 N–H and O–H groups in total. The van der Waals surface area contributed by atoms with E-state index in [0.29, 0.717) is 30.9 Å². The van der Waals surface area contributed by atoms with Crippen LogP contribution in [0.25, 0.3) is 0 Å². The van der Waals surface area contributed by atoms with Crippen molar-refractivity contribution in [1.82, 2.24) is 10.0 Å². The number of nitrogens with one attached hydrogen (secondary N) is 2. The zero-order valence-corrected chi connectivity index (χ0v) is 13.1. The normalized spacial score (nSPS) is 19.1. The standard InChI is InChI=1S/C14H21FN2O3S/c1-10-5-13(6-12(8-16-2)14(10)15)21(18,19)17-7-11-3-4-20-9-11/h5-6,11,16-17H,3-4,7-9H2,1-2H3. The Balaban J connectivity index is 2.18. The van der Waals surface area contributed by atoms with Gasteiger partial charge in [-0.3, -0.25) is 0 Å². The van der Waals surface area contributed by atoms with E-state index in [0.717, 1.165) is 6.42 Å². The summed E-state index contributed by atoms with van der Waals surface area (Å²) in [6.45, 7) is 3.45. The Morgan fingerprint density at radius 3 is 2.81 bits per heavy atom. The molecule has 1 unspecified atom stereocenters. The lowest BCUT2D eigenvalue weighted by Crippen LogP contribution is -2.30. The van der Waals surface area contributed by atoms with Gasteiger partial charge < -0.3 is 10.1 Å². The van der Waals surface area contributed by atoms with Gasteiger partial charge in [0.1, 0.15) is 5.82 Å². The summed E-state index contributed by atoms with van der Waals surface area (Å²) in [5.41, 5.74) is 0.675. The molecule has 0 amide bonds. The molecular formula is C14H21FN2O3S. The Morgan fingerprint density at radius 1 is 1.43 bits per heavy atom. The van der Waals surface area contributed by atoms with Crippen molar-refractivity contribution in [2.75, 3.05) is 26.8 Å². The molecule has 2 rings (SSSR count). The maximum atomic E-state index is 13.9. The highest BCUT2D eigenvalue weighted by Crippen LogP contribution is 2.20. The number of rotatable bonds is 6. The Hall–Kier alpha value is -1.02. The van der Waals surface area contributed by atoms with Crippen LogP contribution in [0.1, 0.15) is 17.5 Å². The molecule has 0 saturated carbocycles. The van der Waals surface area contributed by atoms with Crippen LogP contribution in [0.4, 0.5) is 4.39 Å². The van der Waals surface area contributed by atoms with Gasteiger partial charge in [-0.2, -0.15) is 0 Å². The molecule has 1 aliphatic rings. The van der Waals surface area contributed by atoms with E-state index >= 15 is 0 Å². The maximum absolute atomic E-state index is 13.9. The number of aryl methyl sites for hydroxylation is 1. The van der Waals surface area contributed by atoms with Gasteiger partial charge in [0.15, 0.2) is 0 Å². The van der Waals surface area contributed by atoms with E-state index < -0.39 is 10.0 Å². The molecule has 1 fully saturated rings. The quantitative estimate of drug-likeness (QED) is 0.827. The molecule has 0 aromatic heterocycles. The zero-order chi connectivity index (χ0) is 15.5. The lowest BCUT2D eigenvalue weighted by atomic mass is 10.1. The highest BCUT2D eigenvalue weighted by atomic mass is 32.2. The van der Waals surface area contributed by atoms with E-state index in [9.17, 15) is 12.8 Å². The van der Waals surface area contributed by atoms with Crippen molar-refractivity contribution in [1.29, 1.82) is 0 Å². The topological polar surface area (TPSA) is 67.4 Å². The Bertz CT molecular complexity index is 598. The summed E-state index contributed by atoms with van der Waals surface area (Å²) in [4.78, 5) is 0.102. The van der Waals surface area contributed by atoms with Crippen molar-refractivity contribution >= 4 is 10.0 Å². The monoisotopic (exact) mass is 316 g/mol. The lowest BCUT2D eigenvalue weighted by Gasteiger charge is -2.13. The van der Waals surface area contributed by atoms with Gasteiger partial charge in [0.2, 0.25) is 10.0 Å². The molecule has 118 valence electrons. The van der Waals surface area contributed by atoms with Crippen molar-refractivity contribution in [3.05, 3.63) is 29.1 Å². The van der Waals surface area contributed by atoms with Crippen LogP contribution < -0.4 is 10.0 Å². The van der Waals surface area contributed by atoms with Crippen LogP contribution in [0.15, 0.2) is 17.0 Å². The molecule has 1 saturated heterocycles. The second-order valence-corrected chi connectivity index (χ2v) is 7.09. The van der Waals surface area contributed by atoms with E-state index in [-0.39, 0.29) is 23.2 Å². The number of hydrogen-bond donors (Lipinski definition) is 2. The van der Waals surface area contributed by atoms with Crippen LogP contribution in [0.2, 0.25) is 0 Å². The predicted molar refractivity (Wildman–Crippen MR) is 78.0 cm³/mol. The van der Waals surface area contributed by atoms with Gasteiger partial charge in [0.05, 0.1) is 11.5 Å². The van der Waals surface area contributed by atoms with Crippen molar-refractivity contribution in [2.24, 2.45) is 5.92 Å². The number of benzene rings is 1. The summed E-state index contributed by atoms with van der Waals surface area (Å²) in [5.74, 6) is -0.161. The molecule has 5 nitrogen and oxygen atoms in total. The van der Waals surface area contributed by atoms with Crippen LogP contribution in [0, 0.1) is 18.7 Å². The fourth-order valence-corrected chi connectivity index (χ4v) is 3.59. The largest absolute Gasteiger partial charge is 0.381 e. The van der Waals surface area contributed by atoms with Gasteiger partial charge in [-0.25, -0.2) is 17.5 Å². The molecule has 1 atom stereocenters. The average molecular weight is 316 g/mol. The number of hydrogen-bond acceptors (Lipinski definition) is 4. The predicted octanol–water partition coefficient (Wildman–Crippen LogP) is 1.17. The molecule has 1 heterocycles. The van der Waals surface area contributed by atoms with Crippen molar-refractivity contribution in [3.8, 4) is 0 Å². The average Bonchev–Trinajstić information content (AvgIpc) is 2.95. The van der Waals surface area contributed by atoms with Crippen molar-refractivity contribution < 1.29 is 17.5 Å². The third-order valence-corrected chi connectivity index (χ3v) is 4.97. The molecule has 0 radical (unpaired) electrons. The summed E-state index contributed by atoms with van der Waals surface area (Å²) in [7, 11) is -1.94. The molecule has 0 aliphatic carbocycles. The molecule has 1 aromatic rings. The molecule has 0 spiro atoms. The summed E-state index contributed by atoms with van der Waals surface area (Å²) >= 11 is 0. The van der Waals surface area contributed by atoms with Gasteiger partial charge in [-0.1, -0.05) is 0 Å². The summed E-state index contributed by atoms with van der Waals surface area (Å²) in [6.07, 6.45) is 0.857. The lowest BCUT2D eigenvalue weighted by molar-refractivity contribution is 0.186. The second-order valence-electron chi connectivity index (χ2n) is 5.33. The molecule has 1 aliphatic heterocycles. The van der Waals surface area contributed by atoms with Crippen LogP contribution >= 0.6 is 0 Å². The third kappa shape index (κ3) is 4.00. The van der Waals surface area contributed by atoms with Crippen LogP contribution in [-0.4, -0.2) is 35.2 Å². The number of sulfonamides is 1. The van der Waals surface area contributed by atoms with Crippen molar-refractivity contribution in [3.63, 3.8) is 0 Å². The van der Waals surface area contributed by atoms with Gasteiger partial charge >= 0.3 is 0 Å². The molecule has 21 heavy (non-hydrogen) atoms. The zero-order valence-electron chi connectivity index (χ0n) is 12.3. The Morgan fingerprint density at radius 2 is 2.19 bits per heavy atom. The number of ether oxygens (including phenoxy) is 1. The first kappa shape index (κ1) is 16.4. The van der Waals surface area contributed by atoms with Gasteiger partial charge in [-0.15, -0.1) is 0 Å². The van der Waals surface area contributed by atoms with E-state index in [1.807, 2.05) is 0 Å². The first-order chi connectivity index (χ1) is 9.94. The summed E-state index contributed by atoms with van der Waals surface area (Å²) in [5, 5.41) is 2.84. The van der Waals surface area contributed by atoms with Crippen molar-refractivity contribution in [2.45, 2.75) is 24.8 Å². The maximum Gasteiger partial charge on any atom is 0.240 e. The fraction of sp³-hybridized carbons (Fsp3) is 0.571. The smallest absolute Gasteiger partial charge is 0.240 e. The Kier molecular flexibility index (Phi) is 5.32. The van der Waals surface area contributed by atoms with E-state index in [1.165, 1.54) is 12.1 Å². The number of halogens is 1. The summed E-state index contributed by atoms with van der Waals surface area (Å²) < 4.78 is 46.3. The Labute approximate surface area is 124 Å². The highest BCUT2D eigenvalue weighted by Gasteiger charge is 2.21. The van der Waals surface area contributed by atoms with Crippen LogP contribution in [-0.2, 0) is 21.3 Å². The van der Waals surface area contributed by atoms with E-state index in [4.69, 9.17) is 4.74 Å². The van der Waals surface area contributed by atoms with Gasteiger partial charge in [-0.05, 0) is 44.0 Å². The molecule has 7 heteroatoms. The van der Waals surface area contributed by atoms with E-state index in [1.54, 1.807) is 14.0 Å². The highest BCUT2D eigenvalue weighted by molar-refractivity contribution is 7.89. The molecule has 0 bridgehead atoms.